The molecule has 4 heteroatoms. The second-order valence-electron chi connectivity index (χ2n) is 4.07. The zero-order valence-electron chi connectivity index (χ0n) is 10.1. The lowest BCUT2D eigenvalue weighted by molar-refractivity contribution is 0.255. The highest BCUT2D eigenvalue weighted by Gasteiger charge is 2.07. The van der Waals surface area contributed by atoms with Crippen molar-refractivity contribution in [1.29, 1.82) is 0 Å². The maximum Gasteiger partial charge on any atom is 0.222 e. The highest BCUT2D eigenvalue weighted by molar-refractivity contribution is 5.24. The highest BCUT2D eigenvalue weighted by atomic mass is 16.3. The fourth-order valence-corrected chi connectivity index (χ4v) is 1.71. The summed E-state index contributed by atoms with van der Waals surface area (Å²) in [6, 6.07) is 1.88. The summed E-state index contributed by atoms with van der Waals surface area (Å²) in [5, 5.41) is 12.2. The Labute approximate surface area is 97.1 Å². The van der Waals surface area contributed by atoms with Gasteiger partial charge in [-0.2, -0.15) is 0 Å². The monoisotopic (exact) mass is 223 g/mol. The van der Waals surface area contributed by atoms with Crippen LogP contribution in [0, 0.1) is 12.8 Å². The smallest absolute Gasteiger partial charge is 0.222 e. The van der Waals surface area contributed by atoms with Gasteiger partial charge >= 0.3 is 0 Å². The molecule has 0 aromatic carbocycles. The molecular formula is C12H21N3O. The van der Waals surface area contributed by atoms with Crippen LogP contribution < -0.4 is 5.32 Å². The van der Waals surface area contributed by atoms with E-state index in [9.17, 15) is 0 Å². The van der Waals surface area contributed by atoms with Crippen molar-refractivity contribution in [2.75, 3.05) is 18.5 Å². The Hall–Kier alpha value is -1.16. The van der Waals surface area contributed by atoms with Gasteiger partial charge in [0.05, 0.1) is 0 Å². The molecule has 4 nitrogen and oxygen atoms in total. The van der Waals surface area contributed by atoms with E-state index in [0.29, 0.717) is 11.9 Å². The van der Waals surface area contributed by atoms with Gasteiger partial charge in [-0.25, -0.2) is 9.97 Å². The van der Waals surface area contributed by atoms with Crippen LogP contribution in [0.4, 0.5) is 5.95 Å². The molecule has 16 heavy (non-hydrogen) atoms. The van der Waals surface area contributed by atoms with E-state index in [0.717, 1.165) is 31.5 Å². The van der Waals surface area contributed by atoms with Crippen LogP contribution in [-0.2, 0) is 0 Å². The molecule has 1 atom stereocenters. The summed E-state index contributed by atoms with van der Waals surface area (Å²) in [7, 11) is 0. The Bertz CT molecular complexity index is 298. The van der Waals surface area contributed by atoms with Gasteiger partial charge in [0, 0.05) is 25.0 Å². The number of rotatable bonds is 7. The Kier molecular flexibility index (Phi) is 5.78. The fourth-order valence-electron chi connectivity index (χ4n) is 1.71. The SMILES string of the molecule is CCCC(CCO)CNc1nccc(C)n1. The first-order valence-electron chi connectivity index (χ1n) is 5.90. The Morgan fingerprint density at radius 1 is 1.44 bits per heavy atom. The zero-order valence-corrected chi connectivity index (χ0v) is 10.1. The molecule has 0 bridgehead atoms. The van der Waals surface area contributed by atoms with Gasteiger partial charge in [-0.3, -0.25) is 0 Å². The lowest BCUT2D eigenvalue weighted by atomic mass is 10.0. The van der Waals surface area contributed by atoms with Crippen LogP contribution in [0.25, 0.3) is 0 Å². The van der Waals surface area contributed by atoms with E-state index < -0.39 is 0 Å². The van der Waals surface area contributed by atoms with Crippen LogP contribution in [0.15, 0.2) is 12.3 Å². The molecular weight excluding hydrogens is 202 g/mol. The summed E-state index contributed by atoms with van der Waals surface area (Å²) in [5.41, 5.74) is 0.965. The van der Waals surface area contributed by atoms with E-state index >= 15 is 0 Å². The maximum atomic E-state index is 8.95. The van der Waals surface area contributed by atoms with Crippen molar-refractivity contribution in [1.82, 2.24) is 9.97 Å². The normalized spacial score (nSPS) is 12.4. The van der Waals surface area contributed by atoms with E-state index in [4.69, 9.17) is 5.11 Å². The standard InChI is InChI=1S/C12H21N3O/c1-3-4-11(6-8-16)9-14-12-13-7-5-10(2)15-12/h5,7,11,16H,3-4,6,8-9H2,1-2H3,(H,13,14,15). The van der Waals surface area contributed by atoms with Crippen LogP contribution in [-0.4, -0.2) is 28.2 Å². The molecule has 0 spiro atoms. The van der Waals surface area contributed by atoms with Gasteiger partial charge in [0.25, 0.3) is 0 Å². The molecule has 1 rings (SSSR count). The summed E-state index contributed by atoms with van der Waals surface area (Å²) in [6.45, 7) is 5.19. The number of nitrogens with zero attached hydrogens (tertiary/aromatic N) is 2. The largest absolute Gasteiger partial charge is 0.396 e. The minimum absolute atomic E-state index is 0.251. The molecule has 1 unspecified atom stereocenters. The molecule has 1 aromatic heterocycles. The molecule has 0 amide bonds. The molecule has 0 radical (unpaired) electrons. The van der Waals surface area contributed by atoms with E-state index in [1.165, 1.54) is 0 Å². The van der Waals surface area contributed by atoms with Crippen molar-refractivity contribution in [3.8, 4) is 0 Å². The molecule has 0 saturated heterocycles. The van der Waals surface area contributed by atoms with Crippen LogP contribution in [0.1, 0.15) is 31.9 Å². The number of aromatic nitrogens is 2. The summed E-state index contributed by atoms with van der Waals surface area (Å²) in [6.07, 6.45) is 4.86. The Morgan fingerprint density at radius 2 is 2.25 bits per heavy atom. The summed E-state index contributed by atoms with van der Waals surface area (Å²) < 4.78 is 0. The van der Waals surface area contributed by atoms with E-state index in [1.807, 2.05) is 13.0 Å². The molecule has 0 aliphatic heterocycles. The number of aliphatic hydroxyl groups excluding tert-OH is 1. The minimum Gasteiger partial charge on any atom is -0.396 e. The Morgan fingerprint density at radius 3 is 2.88 bits per heavy atom. The lowest BCUT2D eigenvalue weighted by Gasteiger charge is -2.15. The van der Waals surface area contributed by atoms with Crippen LogP contribution >= 0.6 is 0 Å². The third-order valence-corrected chi connectivity index (χ3v) is 2.58. The summed E-state index contributed by atoms with van der Waals surface area (Å²) in [5.74, 6) is 1.18. The molecule has 0 saturated carbocycles. The first-order chi connectivity index (χ1) is 7.76. The maximum absolute atomic E-state index is 8.95. The predicted molar refractivity (Wildman–Crippen MR) is 65.4 cm³/mol. The van der Waals surface area contributed by atoms with Gasteiger partial charge in [0.15, 0.2) is 0 Å². The molecule has 0 aliphatic rings. The zero-order chi connectivity index (χ0) is 11.8. The van der Waals surface area contributed by atoms with Crippen molar-refractivity contribution in [2.45, 2.75) is 33.1 Å². The molecule has 0 fully saturated rings. The number of anilines is 1. The van der Waals surface area contributed by atoms with E-state index in [-0.39, 0.29) is 6.61 Å². The molecule has 2 N–H and O–H groups in total. The van der Waals surface area contributed by atoms with Crippen LogP contribution in [0.5, 0.6) is 0 Å². The van der Waals surface area contributed by atoms with E-state index in [2.05, 4.69) is 22.2 Å². The van der Waals surface area contributed by atoms with Gasteiger partial charge in [0.1, 0.15) is 0 Å². The molecule has 1 heterocycles. The third-order valence-electron chi connectivity index (χ3n) is 2.58. The number of aryl methyl sites for hydroxylation is 1. The van der Waals surface area contributed by atoms with Gasteiger partial charge in [-0.15, -0.1) is 0 Å². The number of hydrogen-bond donors (Lipinski definition) is 2. The van der Waals surface area contributed by atoms with Crippen molar-refractivity contribution in [3.05, 3.63) is 18.0 Å². The van der Waals surface area contributed by atoms with Crippen molar-refractivity contribution in [3.63, 3.8) is 0 Å². The fraction of sp³-hybridized carbons (Fsp3) is 0.667. The second-order valence-corrected chi connectivity index (χ2v) is 4.07. The first-order valence-corrected chi connectivity index (χ1v) is 5.90. The lowest BCUT2D eigenvalue weighted by Crippen LogP contribution is -2.17. The molecule has 1 aromatic rings. The van der Waals surface area contributed by atoms with Gasteiger partial charge in [-0.1, -0.05) is 13.3 Å². The quantitative estimate of drug-likeness (QED) is 0.742. The average molecular weight is 223 g/mol. The number of hydrogen-bond acceptors (Lipinski definition) is 4. The van der Waals surface area contributed by atoms with Gasteiger partial charge in [0.2, 0.25) is 5.95 Å². The summed E-state index contributed by atoms with van der Waals surface area (Å²) >= 11 is 0. The van der Waals surface area contributed by atoms with E-state index in [1.54, 1.807) is 6.20 Å². The number of nitrogens with one attached hydrogen (secondary N) is 1. The second kappa shape index (κ2) is 7.17. The summed E-state index contributed by atoms with van der Waals surface area (Å²) in [4.78, 5) is 8.43. The minimum atomic E-state index is 0.251. The topological polar surface area (TPSA) is 58.0 Å². The first kappa shape index (κ1) is 12.9. The average Bonchev–Trinajstić information content (AvgIpc) is 2.27. The van der Waals surface area contributed by atoms with Crippen molar-refractivity contribution in [2.24, 2.45) is 5.92 Å². The Balaban J connectivity index is 2.41. The third kappa shape index (κ3) is 4.57. The number of aliphatic hydroxyl groups is 1. The molecule has 90 valence electrons. The van der Waals surface area contributed by atoms with Crippen LogP contribution in [0.3, 0.4) is 0 Å². The van der Waals surface area contributed by atoms with Crippen molar-refractivity contribution < 1.29 is 5.11 Å². The van der Waals surface area contributed by atoms with Gasteiger partial charge in [-0.05, 0) is 31.7 Å². The molecule has 0 aliphatic carbocycles. The van der Waals surface area contributed by atoms with Crippen molar-refractivity contribution >= 4 is 5.95 Å². The highest BCUT2D eigenvalue weighted by Crippen LogP contribution is 2.11. The predicted octanol–water partition coefficient (Wildman–Crippen LogP) is 2.00. The van der Waals surface area contributed by atoms with Crippen LogP contribution in [0.2, 0.25) is 0 Å². The van der Waals surface area contributed by atoms with Gasteiger partial charge < -0.3 is 10.4 Å².